The molecule has 1 saturated carbocycles. The maximum Gasteiger partial charge on any atom is 0.248 e. The maximum atomic E-state index is 13.1. The third-order valence-corrected chi connectivity index (χ3v) is 3.81. The van der Waals surface area contributed by atoms with Gasteiger partial charge in [0.15, 0.2) is 6.29 Å². The Bertz CT molecular complexity index is 425. The van der Waals surface area contributed by atoms with Crippen LogP contribution in [0.4, 0.5) is 8.78 Å². The molecular formula is C13H15ClF2O2. The molecule has 5 heteroatoms. The van der Waals surface area contributed by atoms with Gasteiger partial charge in [-0.1, -0.05) is 23.7 Å². The summed E-state index contributed by atoms with van der Waals surface area (Å²) in [6.45, 7) is 0. The molecule has 0 unspecified atom stereocenters. The summed E-state index contributed by atoms with van der Waals surface area (Å²) in [5.41, 5.74) is 1.13. The molecule has 0 atom stereocenters. The zero-order valence-electron chi connectivity index (χ0n) is 9.74. The Balaban J connectivity index is 2.15. The summed E-state index contributed by atoms with van der Waals surface area (Å²) in [5, 5.41) is 18.4. The van der Waals surface area contributed by atoms with E-state index >= 15 is 0 Å². The molecule has 1 aliphatic rings. The van der Waals surface area contributed by atoms with Crippen molar-refractivity contribution >= 4 is 11.6 Å². The van der Waals surface area contributed by atoms with Crippen LogP contribution in [0.1, 0.15) is 49.0 Å². The normalized spacial score (nSPS) is 20.3. The first-order chi connectivity index (χ1) is 8.39. The van der Waals surface area contributed by atoms with Crippen LogP contribution >= 0.6 is 11.6 Å². The number of hydrogen-bond donors (Lipinski definition) is 2. The van der Waals surface area contributed by atoms with Crippen LogP contribution in [0.15, 0.2) is 18.2 Å². The van der Waals surface area contributed by atoms with Crippen LogP contribution in [-0.2, 0) is 0 Å². The monoisotopic (exact) mass is 276 g/mol. The van der Waals surface area contributed by atoms with Crippen molar-refractivity contribution in [3.8, 4) is 0 Å². The van der Waals surface area contributed by atoms with Crippen LogP contribution in [0.25, 0.3) is 0 Å². The minimum absolute atomic E-state index is 0.0296. The van der Waals surface area contributed by atoms with E-state index in [0.717, 1.165) is 5.56 Å². The fourth-order valence-corrected chi connectivity index (χ4v) is 2.73. The Morgan fingerprint density at radius 2 is 1.83 bits per heavy atom. The first-order valence-electron chi connectivity index (χ1n) is 5.92. The standard InChI is InChI=1S/C13H15ClF2O2/c14-11-7-9(12(17)18)1-2-10(11)8-3-5-13(15,16)6-4-8/h1-2,7-8,12,17-18H,3-6H2. The Kier molecular flexibility index (Phi) is 3.90. The Morgan fingerprint density at radius 1 is 1.22 bits per heavy atom. The van der Waals surface area contributed by atoms with E-state index in [-0.39, 0.29) is 18.8 Å². The number of hydrogen-bond acceptors (Lipinski definition) is 2. The van der Waals surface area contributed by atoms with Crippen molar-refractivity contribution in [2.45, 2.75) is 43.8 Å². The Morgan fingerprint density at radius 3 is 2.33 bits per heavy atom. The van der Waals surface area contributed by atoms with Crippen LogP contribution in [0.3, 0.4) is 0 Å². The van der Waals surface area contributed by atoms with Crippen LogP contribution in [-0.4, -0.2) is 16.1 Å². The zero-order valence-corrected chi connectivity index (χ0v) is 10.5. The molecular weight excluding hydrogens is 262 g/mol. The van der Waals surface area contributed by atoms with E-state index in [9.17, 15) is 8.78 Å². The zero-order chi connectivity index (χ0) is 13.3. The summed E-state index contributed by atoms with van der Waals surface area (Å²) < 4.78 is 26.1. The average Bonchev–Trinajstić information content (AvgIpc) is 2.29. The lowest BCUT2D eigenvalue weighted by atomic mass is 9.82. The van der Waals surface area contributed by atoms with E-state index in [1.165, 1.54) is 6.07 Å². The second-order valence-corrected chi connectivity index (χ2v) is 5.19. The minimum atomic E-state index is -2.55. The summed E-state index contributed by atoms with van der Waals surface area (Å²) in [6, 6.07) is 4.75. The molecule has 1 aromatic carbocycles. The molecule has 1 aliphatic carbocycles. The summed E-state index contributed by atoms with van der Waals surface area (Å²) in [7, 11) is 0. The first kappa shape index (κ1) is 13.7. The van der Waals surface area contributed by atoms with Gasteiger partial charge in [-0.05, 0) is 30.4 Å². The number of alkyl halides is 2. The molecule has 2 nitrogen and oxygen atoms in total. The van der Waals surface area contributed by atoms with Gasteiger partial charge in [-0.2, -0.15) is 0 Å². The van der Waals surface area contributed by atoms with Gasteiger partial charge in [-0.3, -0.25) is 0 Å². The second-order valence-electron chi connectivity index (χ2n) is 4.78. The molecule has 0 aliphatic heterocycles. The quantitative estimate of drug-likeness (QED) is 0.810. The number of aliphatic hydroxyl groups excluding tert-OH is 1. The molecule has 0 amide bonds. The fourth-order valence-electron chi connectivity index (χ4n) is 2.39. The second kappa shape index (κ2) is 5.11. The smallest absolute Gasteiger partial charge is 0.248 e. The molecule has 100 valence electrons. The fraction of sp³-hybridized carbons (Fsp3) is 0.538. The highest BCUT2D eigenvalue weighted by Gasteiger charge is 2.35. The van der Waals surface area contributed by atoms with Crippen molar-refractivity contribution in [1.29, 1.82) is 0 Å². The van der Waals surface area contributed by atoms with Crippen molar-refractivity contribution in [3.05, 3.63) is 34.3 Å². The summed E-state index contributed by atoms with van der Waals surface area (Å²) in [4.78, 5) is 0. The highest BCUT2D eigenvalue weighted by Crippen LogP contribution is 2.42. The van der Waals surface area contributed by atoms with Crippen molar-refractivity contribution < 1.29 is 19.0 Å². The van der Waals surface area contributed by atoms with Gasteiger partial charge in [0.1, 0.15) is 0 Å². The third kappa shape index (κ3) is 2.99. The molecule has 2 rings (SSSR count). The minimum Gasteiger partial charge on any atom is -0.364 e. The molecule has 1 fully saturated rings. The van der Waals surface area contributed by atoms with E-state index in [1.807, 2.05) is 0 Å². The number of aliphatic hydroxyl groups is 2. The third-order valence-electron chi connectivity index (χ3n) is 3.48. The van der Waals surface area contributed by atoms with Gasteiger partial charge in [0, 0.05) is 23.4 Å². The van der Waals surface area contributed by atoms with Crippen LogP contribution < -0.4 is 0 Å². The van der Waals surface area contributed by atoms with Gasteiger partial charge < -0.3 is 10.2 Å². The van der Waals surface area contributed by atoms with E-state index in [2.05, 4.69) is 0 Å². The Hall–Kier alpha value is -0.710. The van der Waals surface area contributed by atoms with E-state index in [4.69, 9.17) is 21.8 Å². The lowest BCUT2D eigenvalue weighted by Gasteiger charge is -2.29. The van der Waals surface area contributed by atoms with Crippen molar-refractivity contribution in [3.63, 3.8) is 0 Å². The van der Waals surface area contributed by atoms with E-state index in [1.54, 1.807) is 12.1 Å². The molecule has 0 radical (unpaired) electrons. The topological polar surface area (TPSA) is 40.5 Å². The molecule has 0 spiro atoms. The molecule has 18 heavy (non-hydrogen) atoms. The number of benzene rings is 1. The average molecular weight is 277 g/mol. The lowest BCUT2D eigenvalue weighted by Crippen LogP contribution is -2.23. The highest BCUT2D eigenvalue weighted by atomic mass is 35.5. The molecule has 2 N–H and O–H groups in total. The van der Waals surface area contributed by atoms with Gasteiger partial charge >= 0.3 is 0 Å². The van der Waals surface area contributed by atoms with Gasteiger partial charge in [0.05, 0.1) is 0 Å². The first-order valence-corrected chi connectivity index (χ1v) is 6.30. The highest BCUT2D eigenvalue weighted by molar-refractivity contribution is 6.31. The number of rotatable bonds is 2. The number of halogens is 3. The summed E-state index contributed by atoms with van der Waals surface area (Å²) >= 11 is 6.07. The summed E-state index contributed by atoms with van der Waals surface area (Å²) in [5.74, 6) is -2.52. The largest absolute Gasteiger partial charge is 0.364 e. The van der Waals surface area contributed by atoms with Crippen molar-refractivity contribution in [2.24, 2.45) is 0 Å². The van der Waals surface area contributed by atoms with Crippen molar-refractivity contribution in [1.82, 2.24) is 0 Å². The van der Waals surface area contributed by atoms with Gasteiger partial charge in [0.25, 0.3) is 0 Å². The van der Waals surface area contributed by atoms with Crippen LogP contribution in [0.2, 0.25) is 5.02 Å². The molecule has 0 aromatic heterocycles. The molecule has 0 heterocycles. The predicted octanol–water partition coefficient (Wildman–Crippen LogP) is 3.62. The predicted molar refractivity (Wildman–Crippen MR) is 64.8 cm³/mol. The Labute approximate surface area is 109 Å². The summed E-state index contributed by atoms with van der Waals surface area (Å²) in [6.07, 6.45) is -0.967. The van der Waals surface area contributed by atoms with E-state index < -0.39 is 12.2 Å². The SMILES string of the molecule is OC(O)c1ccc(C2CCC(F)(F)CC2)c(Cl)c1. The van der Waals surface area contributed by atoms with Gasteiger partial charge in [-0.25, -0.2) is 8.78 Å². The van der Waals surface area contributed by atoms with Gasteiger partial charge in [-0.15, -0.1) is 0 Å². The molecule has 0 saturated heterocycles. The molecule has 1 aromatic rings. The van der Waals surface area contributed by atoms with Crippen LogP contribution in [0.5, 0.6) is 0 Å². The van der Waals surface area contributed by atoms with Crippen molar-refractivity contribution in [2.75, 3.05) is 0 Å². The van der Waals surface area contributed by atoms with Crippen LogP contribution in [0, 0.1) is 0 Å². The molecule has 0 bridgehead atoms. The van der Waals surface area contributed by atoms with E-state index in [0.29, 0.717) is 23.4 Å². The maximum absolute atomic E-state index is 13.1. The lowest BCUT2D eigenvalue weighted by molar-refractivity contribution is -0.0425. The van der Waals surface area contributed by atoms with Gasteiger partial charge in [0.2, 0.25) is 5.92 Å².